The predicted octanol–water partition coefficient (Wildman–Crippen LogP) is 3.79. The second-order valence-corrected chi connectivity index (χ2v) is 7.56. The average molecular weight is 465 g/mol. The topological polar surface area (TPSA) is 83.8 Å². The maximum atomic E-state index is 15.8. The molecule has 1 saturated heterocycles. The van der Waals surface area contributed by atoms with E-state index in [0.29, 0.717) is 32.1 Å². The van der Waals surface area contributed by atoms with Gasteiger partial charge in [-0.25, -0.2) is 22.4 Å². The predicted molar refractivity (Wildman–Crippen MR) is 112 cm³/mol. The molecule has 1 unspecified atom stereocenters. The van der Waals surface area contributed by atoms with Crippen LogP contribution in [0.2, 0.25) is 0 Å². The van der Waals surface area contributed by atoms with Crippen LogP contribution in [0.1, 0.15) is 13.3 Å². The highest BCUT2D eigenvalue weighted by molar-refractivity contribution is 5.87. The number of aromatic nitrogens is 1. The van der Waals surface area contributed by atoms with Crippen molar-refractivity contribution in [3.05, 3.63) is 64.0 Å². The number of hydrogen-bond donors (Lipinski definition) is 2. The molecule has 1 aromatic heterocycles. The number of ether oxygens (including phenoxy) is 1. The van der Waals surface area contributed by atoms with Gasteiger partial charge in [-0.2, -0.15) is 0 Å². The third kappa shape index (κ3) is 4.11. The number of anilines is 1. The lowest BCUT2D eigenvalue weighted by molar-refractivity contribution is 0.144. The fourth-order valence-electron chi connectivity index (χ4n) is 4.12. The average Bonchev–Trinajstić information content (AvgIpc) is 3.18. The molecule has 7 nitrogen and oxygen atoms in total. The molecule has 4 rings (SSSR count). The molecule has 2 N–H and O–H groups in total. The van der Waals surface area contributed by atoms with Crippen LogP contribution in [0.25, 0.3) is 16.6 Å². The number of halogens is 4. The third-order valence-electron chi connectivity index (χ3n) is 5.49. The van der Waals surface area contributed by atoms with Crippen molar-refractivity contribution in [2.75, 3.05) is 24.5 Å². The lowest BCUT2D eigenvalue weighted by Crippen LogP contribution is -2.33. The second-order valence-electron chi connectivity index (χ2n) is 7.56. The van der Waals surface area contributed by atoms with Crippen molar-refractivity contribution in [3.8, 4) is 11.4 Å². The third-order valence-corrected chi connectivity index (χ3v) is 5.49. The Morgan fingerprint density at radius 2 is 1.97 bits per heavy atom. The van der Waals surface area contributed by atoms with Gasteiger partial charge in [0, 0.05) is 25.2 Å². The summed E-state index contributed by atoms with van der Waals surface area (Å²) in [6.45, 7) is 3.23. The number of benzene rings is 2. The zero-order valence-corrected chi connectivity index (χ0v) is 17.4. The normalized spacial score (nSPS) is 15.9. The number of rotatable bonds is 5. The molecule has 174 valence electrons. The van der Waals surface area contributed by atoms with Gasteiger partial charge >= 0.3 is 6.16 Å². The Bertz CT molecular complexity index is 1310. The SMILES string of the molecule is CCNC1CCN(c2c(F)cc3c(=O)c(OC(=O)O)cn(-c4ccc(F)cc4F)c3c2F)C1. The Morgan fingerprint density at radius 1 is 1.21 bits per heavy atom. The first-order chi connectivity index (χ1) is 15.7. The van der Waals surface area contributed by atoms with Gasteiger partial charge in [0.1, 0.15) is 23.1 Å². The highest BCUT2D eigenvalue weighted by Crippen LogP contribution is 2.34. The Hall–Kier alpha value is -3.60. The number of carboxylic acid groups (broad SMARTS) is 1. The smallest absolute Gasteiger partial charge is 0.449 e. The van der Waals surface area contributed by atoms with Gasteiger partial charge in [0.2, 0.25) is 5.43 Å². The van der Waals surface area contributed by atoms with E-state index in [9.17, 15) is 18.4 Å². The van der Waals surface area contributed by atoms with Gasteiger partial charge in [-0.3, -0.25) is 4.79 Å². The molecule has 0 aliphatic carbocycles. The minimum Gasteiger partial charge on any atom is -0.449 e. The maximum Gasteiger partial charge on any atom is 0.511 e. The van der Waals surface area contributed by atoms with Gasteiger partial charge in [-0.15, -0.1) is 0 Å². The van der Waals surface area contributed by atoms with Crippen molar-refractivity contribution in [1.29, 1.82) is 0 Å². The van der Waals surface area contributed by atoms with Crippen LogP contribution < -0.4 is 20.4 Å². The van der Waals surface area contributed by atoms with Gasteiger partial charge in [0.05, 0.1) is 22.8 Å². The molecule has 2 aromatic carbocycles. The molecule has 0 amide bonds. The second kappa shape index (κ2) is 8.74. The Balaban J connectivity index is 2.00. The van der Waals surface area contributed by atoms with Crippen molar-refractivity contribution >= 4 is 22.7 Å². The lowest BCUT2D eigenvalue weighted by Gasteiger charge is -2.23. The van der Waals surface area contributed by atoms with Crippen LogP contribution in [0.4, 0.5) is 28.0 Å². The summed E-state index contributed by atoms with van der Waals surface area (Å²) >= 11 is 0. The molecule has 0 radical (unpaired) electrons. The summed E-state index contributed by atoms with van der Waals surface area (Å²) in [6.07, 6.45) is -0.428. The number of nitrogens with one attached hydrogen (secondary N) is 1. The van der Waals surface area contributed by atoms with Gasteiger partial charge in [-0.1, -0.05) is 6.92 Å². The van der Waals surface area contributed by atoms with E-state index in [2.05, 4.69) is 10.1 Å². The molecule has 0 bridgehead atoms. The zero-order valence-electron chi connectivity index (χ0n) is 17.4. The van der Waals surface area contributed by atoms with E-state index in [1.54, 1.807) is 0 Å². The van der Waals surface area contributed by atoms with Crippen LogP contribution in [0.5, 0.6) is 5.75 Å². The quantitative estimate of drug-likeness (QED) is 0.441. The summed E-state index contributed by atoms with van der Waals surface area (Å²) in [7, 11) is 0. The maximum absolute atomic E-state index is 15.8. The number of nitrogens with zero attached hydrogens (tertiary/aromatic N) is 2. The van der Waals surface area contributed by atoms with Crippen LogP contribution in [0.3, 0.4) is 0 Å². The molecule has 1 atom stereocenters. The first-order valence-corrected chi connectivity index (χ1v) is 10.1. The van der Waals surface area contributed by atoms with Gasteiger partial charge in [0.25, 0.3) is 0 Å². The van der Waals surface area contributed by atoms with Crippen LogP contribution in [0.15, 0.2) is 35.3 Å². The van der Waals surface area contributed by atoms with E-state index in [-0.39, 0.29) is 11.7 Å². The number of fused-ring (bicyclic) bond motifs is 1. The minimum absolute atomic E-state index is 0.00701. The Labute approximate surface area is 184 Å². The van der Waals surface area contributed by atoms with Crippen LogP contribution in [0, 0.1) is 23.3 Å². The van der Waals surface area contributed by atoms with Crippen LogP contribution in [-0.4, -0.2) is 41.5 Å². The monoisotopic (exact) mass is 465 g/mol. The summed E-state index contributed by atoms with van der Waals surface area (Å²) in [5, 5.41) is 11.6. The van der Waals surface area contributed by atoms with Crippen molar-refractivity contribution in [1.82, 2.24) is 9.88 Å². The summed E-state index contributed by atoms with van der Waals surface area (Å²) in [6, 6.07) is 3.21. The first-order valence-electron chi connectivity index (χ1n) is 10.1. The number of likely N-dealkylation sites (N-methyl/N-ethyl adjacent to an activating group) is 1. The van der Waals surface area contributed by atoms with E-state index in [1.807, 2.05) is 6.92 Å². The fraction of sp³-hybridized carbons (Fsp3) is 0.273. The fourth-order valence-corrected chi connectivity index (χ4v) is 4.12. The molecular formula is C22H19F4N3O4. The molecule has 33 heavy (non-hydrogen) atoms. The molecule has 1 aliphatic heterocycles. The van der Waals surface area contributed by atoms with E-state index < -0.39 is 57.2 Å². The molecule has 0 spiro atoms. The number of pyridine rings is 1. The zero-order chi connectivity index (χ0) is 23.9. The first kappa shape index (κ1) is 22.6. The van der Waals surface area contributed by atoms with Crippen molar-refractivity contribution in [2.24, 2.45) is 0 Å². The van der Waals surface area contributed by atoms with E-state index >= 15 is 8.78 Å². The number of hydrogen-bond acceptors (Lipinski definition) is 5. The molecule has 11 heteroatoms. The molecular weight excluding hydrogens is 446 g/mol. The largest absolute Gasteiger partial charge is 0.511 e. The highest BCUT2D eigenvalue weighted by atomic mass is 19.1. The highest BCUT2D eigenvalue weighted by Gasteiger charge is 2.30. The van der Waals surface area contributed by atoms with Crippen molar-refractivity contribution in [3.63, 3.8) is 0 Å². The van der Waals surface area contributed by atoms with Gasteiger partial charge < -0.3 is 24.6 Å². The van der Waals surface area contributed by atoms with Crippen LogP contribution in [-0.2, 0) is 0 Å². The molecule has 0 saturated carbocycles. The molecule has 1 fully saturated rings. The van der Waals surface area contributed by atoms with Gasteiger partial charge in [0.15, 0.2) is 11.6 Å². The van der Waals surface area contributed by atoms with E-state index in [4.69, 9.17) is 5.11 Å². The summed E-state index contributed by atoms with van der Waals surface area (Å²) in [5.74, 6) is -4.97. The van der Waals surface area contributed by atoms with E-state index in [1.165, 1.54) is 4.90 Å². The van der Waals surface area contributed by atoms with E-state index in [0.717, 1.165) is 29.0 Å². The Morgan fingerprint density at radius 3 is 2.64 bits per heavy atom. The Kier molecular flexibility index (Phi) is 5.98. The number of carbonyl (C=O) groups is 1. The lowest BCUT2D eigenvalue weighted by atomic mass is 10.1. The standard InChI is InChI=1S/C22H19F4N3O4/c1-2-27-12-5-6-28(9-12)20-15(25)8-13-19(18(20)26)29(10-17(21(13)30)33-22(31)32)16-4-3-11(23)7-14(16)24/h3-4,7-8,10,12,27H,2,5-6,9H2,1H3,(H,31,32). The van der Waals surface area contributed by atoms with Crippen molar-refractivity contribution in [2.45, 2.75) is 19.4 Å². The summed E-state index contributed by atoms with van der Waals surface area (Å²) in [4.78, 5) is 25.2. The van der Waals surface area contributed by atoms with Gasteiger partial charge in [-0.05, 0) is 31.2 Å². The van der Waals surface area contributed by atoms with Crippen molar-refractivity contribution < 1.29 is 32.2 Å². The minimum atomic E-state index is -1.85. The summed E-state index contributed by atoms with van der Waals surface area (Å²) in [5.41, 5.74) is -2.38. The molecule has 1 aliphatic rings. The molecule has 3 aromatic rings. The molecule has 2 heterocycles. The van der Waals surface area contributed by atoms with Crippen LogP contribution >= 0.6 is 0 Å². The summed E-state index contributed by atoms with van der Waals surface area (Å²) < 4.78 is 64.2.